The van der Waals surface area contributed by atoms with Crippen LogP contribution in [0.15, 0.2) is 83.3 Å². The van der Waals surface area contributed by atoms with E-state index in [1.165, 1.54) is 24.7 Å². The molecule has 7 heteroatoms. The first-order chi connectivity index (χ1) is 15.2. The molecule has 0 amide bonds. The van der Waals surface area contributed by atoms with Gasteiger partial charge >= 0.3 is 5.97 Å². The molecule has 0 radical (unpaired) electrons. The Morgan fingerprint density at radius 3 is 2.65 bits per heavy atom. The van der Waals surface area contributed by atoms with E-state index in [-0.39, 0.29) is 5.75 Å². The van der Waals surface area contributed by atoms with Gasteiger partial charge in [-0.1, -0.05) is 54.6 Å². The zero-order valence-electron chi connectivity index (χ0n) is 16.6. The number of benzene rings is 3. The number of carbonyl (C=O) groups excluding carboxylic acids is 1. The number of aromatic nitrogens is 1. The van der Waals surface area contributed by atoms with Crippen LogP contribution in [0, 0.1) is 0 Å². The van der Waals surface area contributed by atoms with Crippen LogP contribution in [-0.4, -0.2) is 29.4 Å². The maximum atomic E-state index is 11.8. The third-order valence-electron chi connectivity index (χ3n) is 4.60. The minimum absolute atomic E-state index is 0.0687. The second kappa shape index (κ2) is 9.23. The minimum atomic E-state index is -0.429. The highest BCUT2D eigenvalue weighted by atomic mass is 32.1. The molecule has 154 valence electrons. The number of hydrogen-bond donors (Lipinski definition) is 2. The molecule has 0 saturated heterocycles. The largest absolute Gasteiger partial charge is 0.507 e. The lowest BCUT2D eigenvalue weighted by molar-refractivity contribution is 0.0601. The summed E-state index contributed by atoms with van der Waals surface area (Å²) in [5.74, 6) is -0.360. The Bertz CT molecular complexity index is 1240. The van der Waals surface area contributed by atoms with Gasteiger partial charge in [-0.2, -0.15) is 5.10 Å². The molecular formula is C24H19N3O3S. The number of phenols is 1. The van der Waals surface area contributed by atoms with Crippen molar-refractivity contribution in [3.63, 3.8) is 0 Å². The second-order valence-electron chi connectivity index (χ2n) is 6.59. The molecule has 1 aromatic heterocycles. The molecule has 2 N–H and O–H groups in total. The van der Waals surface area contributed by atoms with E-state index in [9.17, 15) is 9.90 Å². The quantitative estimate of drug-likeness (QED) is 0.243. The first-order valence-electron chi connectivity index (χ1n) is 9.46. The lowest BCUT2D eigenvalue weighted by Gasteiger charge is -2.08. The molecule has 4 rings (SSSR count). The molecular weight excluding hydrogens is 410 g/mol. The van der Waals surface area contributed by atoms with Crippen LogP contribution in [-0.2, 0) is 4.74 Å². The van der Waals surface area contributed by atoms with Gasteiger partial charge in [0.25, 0.3) is 0 Å². The van der Waals surface area contributed by atoms with E-state index in [0.717, 1.165) is 11.3 Å². The number of phenolic OH excluding ortho intramolecular Hbond substituents is 1. The second-order valence-corrected chi connectivity index (χ2v) is 7.45. The number of carbonyl (C=O) groups is 1. The predicted octanol–water partition coefficient (Wildman–Crippen LogP) is 5.42. The van der Waals surface area contributed by atoms with Gasteiger partial charge in [-0.25, -0.2) is 9.78 Å². The molecule has 0 aliphatic heterocycles. The van der Waals surface area contributed by atoms with Gasteiger partial charge < -0.3 is 9.84 Å². The molecule has 3 aromatic carbocycles. The number of nitrogens with one attached hydrogen (secondary N) is 1. The first kappa shape index (κ1) is 20.3. The van der Waals surface area contributed by atoms with Crippen LogP contribution in [0.3, 0.4) is 0 Å². The number of esters is 1. The molecule has 0 saturated carbocycles. The maximum Gasteiger partial charge on any atom is 0.337 e. The number of rotatable bonds is 6. The average molecular weight is 430 g/mol. The van der Waals surface area contributed by atoms with Crippen LogP contribution in [0.1, 0.15) is 15.9 Å². The standard InChI is InChI=1S/C24H19N3O3S/c1-30-23(29)18-10-5-9-17(13-18)20-12-6-11-19(22(20)28)14-25-27-24-26-21(15-31-24)16-7-3-2-4-8-16/h2-15,28H,1H3,(H,26,27). The van der Waals surface area contributed by atoms with E-state index in [1.807, 2.05) is 47.8 Å². The Morgan fingerprint density at radius 2 is 1.84 bits per heavy atom. The number of anilines is 1. The van der Waals surface area contributed by atoms with E-state index in [1.54, 1.807) is 30.3 Å². The third kappa shape index (κ3) is 4.62. The Balaban J connectivity index is 1.52. The Hall–Kier alpha value is -3.97. The van der Waals surface area contributed by atoms with Gasteiger partial charge in [0.15, 0.2) is 0 Å². The zero-order valence-corrected chi connectivity index (χ0v) is 17.5. The summed E-state index contributed by atoms with van der Waals surface area (Å²) in [5.41, 5.74) is 7.06. The van der Waals surface area contributed by atoms with Crippen LogP contribution in [0.4, 0.5) is 5.13 Å². The van der Waals surface area contributed by atoms with Crippen molar-refractivity contribution in [3.05, 3.63) is 89.3 Å². The Morgan fingerprint density at radius 1 is 1.06 bits per heavy atom. The third-order valence-corrected chi connectivity index (χ3v) is 5.35. The molecule has 0 aliphatic carbocycles. The summed E-state index contributed by atoms with van der Waals surface area (Å²) in [5, 5.41) is 17.6. The molecule has 1 heterocycles. The van der Waals surface area contributed by atoms with E-state index < -0.39 is 5.97 Å². The predicted molar refractivity (Wildman–Crippen MR) is 124 cm³/mol. The molecule has 0 fully saturated rings. The Labute approximate surface area is 183 Å². The van der Waals surface area contributed by atoms with E-state index >= 15 is 0 Å². The summed E-state index contributed by atoms with van der Waals surface area (Å²) in [6.07, 6.45) is 1.53. The van der Waals surface area contributed by atoms with Crippen molar-refractivity contribution >= 4 is 28.7 Å². The SMILES string of the molecule is COC(=O)c1cccc(-c2cccc(C=NNc3nc(-c4ccccc4)cs3)c2O)c1. The highest BCUT2D eigenvalue weighted by Gasteiger charge is 2.11. The number of hydrazone groups is 1. The van der Waals surface area contributed by atoms with E-state index in [0.29, 0.717) is 27.4 Å². The molecule has 0 spiro atoms. The fraction of sp³-hybridized carbons (Fsp3) is 0.0417. The normalized spacial score (nSPS) is 10.9. The van der Waals surface area contributed by atoms with Gasteiger partial charge in [0.2, 0.25) is 5.13 Å². The van der Waals surface area contributed by atoms with Crippen LogP contribution in [0.2, 0.25) is 0 Å². The van der Waals surface area contributed by atoms with Crippen LogP contribution in [0.5, 0.6) is 5.75 Å². The van der Waals surface area contributed by atoms with Crippen molar-refractivity contribution in [2.45, 2.75) is 0 Å². The fourth-order valence-corrected chi connectivity index (χ4v) is 3.72. The van der Waals surface area contributed by atoms with Crippen molar-refractivity contribution in [2.75, 3.05) is 12.5 Å². The first-order valence-corrected chi connectivity index (χ1v) is 10.3. The van der Waals surface area contributed by atoms with E-state index in [2.05, 4.69) is 15.5 Å². The van der Waals surface area contributed by atoms with Crippen LogP contribution in [0.25, 0.3) is 22.4 Å². The summed E-state index contributed by atoms with van der Waals surface area (Å²) in [6, 6.07) is 22.2. The monoisotopic (exact) mass is 429 g/mol. The van der Waals surface area contributed by atoms with Crippen molar-refractivity contribution in [1.29, 1.82) is 0 Å². The molecule has 0 bridgehead atoms. The Kier molecular flexibility index (Phi) is 6.05. The van der Waals surface area contributed by atoms with Crippen LogP contribution < -0.4 is 5.43 Å². The highest BCUT2D eigenvalue weighted by Crippen LogP contribution is 2.32. The van der Waals surface area contributed by atoms with Gasteiger partial charge in [0, 0.05) is 22.1 Å². The summed E-state index contributed by atoms with van der Waals surface area (Å²) < 4.78 is 4.77. The highest BCUT2D eigenvalue weighted by molar-refractivity contribution is 7.14. The molecule has 0 aliphatic rings. The smallest absolute Gasteiger partial charge is 0.337 e. The lowest BCUT2D eigenvalue weighted by atomic mass is 10.00. The number of para-hydroxylation sites is 1. The van der Waals surface area contributed by atoms with E-state index in [4.69, 9.17) is 4.74 Å². The van der Waals surface area contributed by atoms with Gasteiger partial charge in [-0.15, -0.1) is 11.3 Å². The molecule has 4 aromatic rings. The summed E-state index contributed by atoms with van der Waals surface area (Å²) in [6.45, 7) is 0. The van der Waals surface area contributed by atoms with Crippen molar-refractivity contribution in [1.82, 2.24) is 4.98 Å². The topological polar surface area (TPSA) is 83.8 Å². The van der Waals surface area contributed by atoms with Crippen molar-refractivity contribution in [3.8, 4) is 28.1 Å². The molecule has 0 unspecified atom stereocenters. The van der Waals surface area contributed by atoms with Gasteiger partial charge in [0.05, 0.1) is 24.6 Å². The number of aromatic hydroxyl groups is 1. The summed E-state index contributed by atoms with van der Waals surface area (Å²) in [4.78, 5) is 16.3. The fourth-order valence-electron chi connectivity index (χ4n) is 3.05. The van der Waals surface area contributed by atoms with Gasteiger partial charge in [0.1, 0.15) is 5.75 Å². The van der Waals surface area contributed by atoms with Crippen molar-refractivity contribution in [2.24, 2.45) is 5.10 Å². The minimum Gasteiger partial charge on any atom is -0.507 e. The van der Waals surface area contributed by atoms with Crippen LogP contribution >= 0.6 is 11.3 Å². The number of hydrogen-bond acceptors (Lipinski definition) is 7. The molecule has 6 nitrogen and oxygen atoms in total. The molecule has 0 atom stereocenters. The maximum absolute atomic E-state index is 11.8. The average Bonchev–Trinajstić information content (AvgIpc) is 3.29. The lowest BCUT2D eigenvalue weighted by Crippen LogP contribution is -2.00. The number of methoxy groups -OCH3 is 1. The van der Waals surface area contributed by atoms with Crippen molar-refractivity contribution < 1.29 is 14.6 Å². The number of nitrogens with zero attached hydrogens (tertiary/aromatic N) is 2. The molecule has 31 heavy (non-hydrogen) atoms. The number of thiazole rings is 1. The number of ether oxygens (including phenoxy) is 1. The summed E-state index contributed by atoms with van der Waals surface area (Å²) in [7, 11) is 1.34. The summed E-state index contributed by atoms with van der Waals surface area (Å²) >= 11 is 1.45. The zero-order chi connectivity index (χ0) is 21.6. The van der Waals surface area contributed by atoms with Gasteiger partial charge in [-0.3, -0.25) is 5.43 Å². The van der Waals surface area contributed by atoms with Gasteiger partial charge in [-0.05, 0) is 23.8 Å².